The van der Waals surface area contributed by atoms with E-state index in [9.17, 15) is 0 Å². The summed E-state index contributed by atoms with van der Waals surface area (Å²) in [5.41, 5.74) is 0. The van der Waals surface area contributed by atoms with E-state index in [1.807, 2.05) is 24.3 Å². The van der Waals surface area contributed by atoms with Crippen LogP contribution in [0.15, 0.2) is 24.3 Å². The van der Waals surface area contributed by atoms with Crippen LogP contribution in [0.3, 0.4) is 0 Å². The summed E-state index contributed by atoms with van der Waals surface area (Å²) in [4.78, 5) is 0. The molecule has 1 aromatic rings. The molecule has 1 atom stereocenters. The molecule has 0 saturated carbocycles. The Labute approximate surface area is 76.9 Å². The highest BCUT2D eigenvalue weighted by atomic mass is 32.1. The van der Waals surface area contributed by atoms with E-state index in [0.717, 1.165) is 11.5 Å². The molecular weight excluding hydrogens is 172 g/mol. The fourth-order valence-electron chi connectivity index (χ4n) is 1.15. The second-order valence-electron chi connectivity index (χ2n) is 2.68. The highest BCUT2D eigenvalue weighted by Crippen LogP contribution is 2.30. The molecule has 1 aliphatic heterocycles. The lowest BCUT2D eigenvalue weighted by Gasteiger charge is -2.24. The second-order valence-corrected chi connectivity index (χ2v) is 3.05. The number of fused-ring (bicyclic) bond motifs is 1. The summed E-state index contributed by atoms with van der Waals surface area (Å²) in [5, 5.41) is 0. The number of hydrogen-bond donors (Lipinski definition) is 1. The van der Waals surface area contributed by atoms with E-state index in [0.29, 0.717) is 12.4 Å². The molecule has 0 aromatic heterocycles. The zero-order valence-electron chi connectivity index (χ0n) is 6.56. The Hall–Kier alpha value is -0.830. The Balaban J connectivity index is 2.23. The monoisotopic (exact) mass is 182 g/mol. The van der Waals surface area contributed by atoms with Gasteiger partial charge in [-0.05, 0) is 12.1 Å². The fourth-order valence-corrected chi connectivity index (χ4v) is 1.33. The van der Waals surface area contributed by atoms with Gasteiger partial charge >= 0.3 is 0 Å². The van der Waals surface area contributed by atoms with Crippen molar-refractivity contribution in [2.45, 2.75) is 6.10 Å². The van der Waals surface area contributed by atoms with Crippen LogP contribution in [0.5, 0.6) is 11.5 Å². The SMILES string of the molecule is SC[C@@H]1COc2ccccc2O1. The van der Waals surface area contributed by atoms with Gasteiger partial charge in [0.1, 0.15) is 12.7 Å². The van der Waals surface area contributed by atoms with Crippen LogP contribution in [-0.2, 0) is 0 Å². The van der Waals surface area contributed by atoms with Gasteiger partial charge in [0.2, 0.25) is 0 Å². The number of ether oxygens (including phenoxy) is 2. The average Bonchev–Trinajstić information content (AvgIpc) is 2.17. The summed E-state index contributed by atoms with van der Waals surface area (Å²) in [6.07, 6.45) is 0.0863. The molecule has 12 heavy (non-hydrogen) atoms. The molecular formula is C9H10O2S. The third-order valence-corrected chi connectivity index (χ3v) is 2.18. The molecule has 0 N–H and O–H groups in total. The van der Waals surface area contributed by atoms with Gasteiger partial charge < -0.3 is 9.47 Å². The van der Waals surface area contributed by atoms with Gasteiger partial charge in [-0.25, -0.2) is 0 Å². The maximum absolute atomic E-state index is 5.58. The molecule has 64 valence electrons. The van der Waals surface area contributed by atoms with Crippen LogP contribution in [0.1, 0.15) is 0 Å². The lowest BCUT2D eigenvalue weighted by Crippen LogP contribution is -2.30. The quantitative estimate of drug-likeness (QED) is 0.667. The molecule has 0 aliphatic carbocycles. The van der Waals surface area contributed by atoms with Crippen molar-refractivity contribution in [1.82, 2.24) is 0 Å². The normalized spacial score (nSPS) is 20.6. The van der Waals surface area contributed by atoms with Gasteiger partial charge in [0, 0.05) is 5.75 Å². The summed E-state index contributed by atoms with van der Waals surface area (Å²) in [6.45, 7) is 0.598. The van der Waals surface area contributed by atoms with E-state index >= 15 is 0 Å². The van der Waals surface area contributed by atoms with Crippen molar-refractivity contribution in [3.05, 3.63) is 24.3 Å². The zero-order chi connectivity index (χ0) is 8.39. The molecule has 1 aliphatic rings. The molecule has 0 amide bonds. The molecule has 0 fully saturated rings. The summed E-state index contributed by atoms with van der Waals surface area (Å²) in [5.74, 6) is 2.34. The summed E-state index contributed by atoms with van der Waals surface area (Å²) in [7, 11) is 0. The predicted molar refractivity (Wildman–Crippen MR) is 50.2 cm³/mol. The van der Waals surface area contributed by atoms with Crippen molar-refractivity contribution in [2.75, 3.05) is 12.4 Å². The van der Waals surface area contributed by atoms with Crippen LogP contribution in [0.25, 0.3) is 0 Å². The van der Waals surface area contributed by atoms with E-state index in [1.54, 1.807) is 0 Å². The van der Waals surface area contributed by atoms with Crippen molar-refractivity contribution in [2.24, 2.45) is 0 Å². The largest absolute Gasteiger partial charge is 0.486 e. The van der Waals surface area contributed by atoms with Gasteiger partial charge in [-0.2, -0.15) is 12.6 Å². The number of benzene rings is 1. The molecule has 0 radical (unpaired) electrons. The first-order chi connectivity index (χ1) is 5.90. The molecule has 0 saturated heterocycles. The molecule has 0 spiro atoms. The predicted octanol–water partition coefficient (Wildman–Crippen LogP) is 1.76. The number of rotatable bonds is 1. The topological polar surface area (TPSA) is 18.5 Å². The van der Waals surface area contributed by atoms with Crippen LogP contribution in [0.2, 0.25) is 0 Å². The number of thiol groups is 1. The van der Waals surface area contributed by atoms with Crippen molar-refractivity contribution < 1.29 is 9.47 Å². The van der Waals surface area contributed by atoms with Gasteiger partial charge in [0.05, 0.1) is 0 Å². The van der Waals surface area contributed by atoms with Gasteiger partial charge in [-0.3, -0.25) is 0 Å². The Kier molecular flexibility index (Phi) is 2.13. The molecule has 3 heteroatoms. The minimum Gasteiger partial charge on any atom is -0.486 e. The Bertz CT molecular complexity index is 275. The molecule has 2 nitrogen and oxygen atoms in total. The van der Waals surface area contributed by atoms with Crippen molar-refractivity contribution in [3.63, 3.8) is 0 Å². The number of hydrogen-bond acceptors (Lipinski definition) is 3. The van der Waals surface area contributed by atoms with E-state index < -0.39 is 0 Å². The molecule has 2 rings (SSSR count). The van der Waals surface area contributed by atoms with Crippen LogP contribution in [0, 0.1) is 0 Å². The second kappa shape index (κ2) is 3.27. The lowest BCUT2D eigenvalue weighted by molar-refractivity contribution is 0.107. The van der Waals surface area contributed by atoms with Crippen LogP contribution >= 0.6 is 12.6 Å². The fraction of sp³-hybridized carbons (Fsp3) is 0.333. The molecule has 1 heterocycles. The molecule has 0 unspecified atom stereocenters. The highest BCUT2D eigenvalue weighted by molar-refractivity contribution is 7.80. The third-order valence-electron chi connectivity index (χ3n) is 1.77. The van der Waals surface area contributed by atoms with Gasteiger partial charge in [0.15, 0.2) is 11.5 Å². The minimum absolute atomic E-state index is 0.0863. The Morgan fingerprint density at radius 1 is 1.33 bits per heavy atom. The smallest absolute Gasteiger partial charge is 0.161 e. The minimum atomic E-state index is 0.0863. The van der Waals surface area contributed by atoms with Crippen LogP contribution in [-0.4, -0.2) is 18.5 Å². The maximum Gasteiger partial charge on any atom is 0.161 e. The van der Waals surface area contributed by atoms with Crippen LogP contribution < -0.4 is 9.47 Å². The van der Waals surface area contributed by atoms with E-state index in [1.165, 1.54) is 0 Å². The number of para-hydroxylation sites is 2. The first kappa shape index (κ1) is 7.80. The van der Waals surface area contributed by atoms with Gasteiger partial charge in [0.25, 0.3) is 0 Å². The summed E-state index contributed by atoms with van der Waals surface area (Å²) >= 11 is 4.15. The highest BCUT2D eigenvalue weighted by Gasteiger charge is 2.18. The van der Waals surface area contributed by atoms with Crippen molar-refractivity contribution in [3.8, 4) is 11.5 Å². The van der Waals surface area contributed by atoms with Crippen molar-refractivity contribution >= 4 is 12.6 Å². The Morgan fingerprint density at radius 2 is 2.08 bits per heavy atom. The van der Waals surface area contributed by atoms with E-state index in [2.05, 4.69) is 12.6 Å². The van der Waals surface area contributed by atoms with Crippen LogP contribution in [0.4, 0.5) is 0 Å². The summed E-state index contributed by atoms with van der Waals surface area (Å²) in [6, 6.07) is 7.68. The maximum atomic E-state index is 5.58. The van der Waals surface area contributed by atoms with Gasteiger partial charge in [-0.1, -0.05) is 12.1 Å². The average molecular weight is 182 g/mol. The summed E-state index contributed by atoms with van der Waals surface area (Å²) < 4.78 is 11.0. The zero-order valence-corrected chi connectivity index (χ0v) is 7.46. The standard InChI is InChI=1S/C9H10O2S/c12-6-7-5-10-8-3-1-2-4-9(8)11-7/h1-4,7,12H,5-6H2/t7-/m0/s1. The van der Waals surface area contributed by atoms with Gasteiger partial charge in [-0.15, -0.1) is 0 Å². The Morgan fingerprint density at radius 3 is 2.83 bits per heavy atom. The van der Waals surface area contributed by atoms with E-state index in [4.69, 9.17) is 9.47 Å². The molecule has 1 aromatic carbocycles. The first-order valence-corrected chi connectivity index (χ1v) is 4.53. The lowest BCUT2D eigenvalue weighted by atomic mass is 10.3. The molecule has 0 bridgehead atoms. The third kappa shape index (κ3) is 1.37. The first-order valence-electron chi connectivity index (χ1n) is 3.89. The van der Waals surface area contributed by atoms with Crippen molar-refractivity contribution in [1.29, 1.82) is 0 Å². The van der Waals surface area contributed by atoms with E-state index in [-0.39, 0.29) is 6.10 Å².